The third-order valence-electron chi connectivity index (χ3n) is 7.59. The summed E-state index contributed by atoms with van der Waals surface area (Å²) in [7, 11) is 0. The van der Waals surface area contributed by atoms with E-state index in [1.165, 1.54) is 11.1 Å². The van der Waals surface area contributed by atoms with Crippen molar-refractivity contribution in [2.75, 3.05) is 26.2 Å². The molecule has 2 aliphatic heterocycles. The summed E-state index contributed by atoms with van der Waals surface area (Å²) in [6.45, 7) is 11.8. The van der Waals surface area contributed by atoms with Crippen molar-refractivity contribution in [1.82, 2.24) is 10.6 Å². The van der Waals surface area contributed by atoms with Crippen molar-refractivity contribution in [2.24, 2.45) is 0 Å². The number of nitrogens with zero attached hydrogens (tertiary/aromatic N) is 1. The molecule has 180 valence electrons. The van der Waals surface area contributed by atoms with E-state index in [0.29, 0.717) is 10.5 Å². The molecule has 1 aromatic heterocycles. The van der Waals surface area contributed by atoms with Crippen LogP contribution in [0.3, 0.4) is 0 Å². The molecule has 0 bridgehead atoms. The first-order valence-corrected chi connectivity index (χ1v) is 13.3. The third kappa shape index (κ3) is 5.35. The van der Waals surface area contributed by atoms with Crippen molar-refractivity contribution in [3.63, 3.8) is 0 Å². The molecule has 3 heterocycles. The van der Waals surface area contributed by atoms with Gasteiger partial charge in [0.15, 0.2) is 0 Å². The lowest BCUT2D eigenvalue weighted by Crippen LogP contribution is -2.72. The molecule has 5 nitrogen and oxygen atoms in total. The normalized spacial score (nSPS) is 26.5. The molecule has 2 aliphatic rings. The van der Waals surface area contributed by atoms with E-state index < -0.39 is 5.60 Å². The second-order valence-electron chi connectivity index (χ2n) is 11.0. The number of quaternary nitrogens is 1. The summed E-state index contributed by atoms with van der Waals surface area (Å²) >= 11 is 1.74. The molecule has 2 fully saturated rings. The van der Waals surface area contributed by atoms with Crippen LogP contribution in [0.15, 0.2) is 47.2 Å². The molecule has 2 aromatic rings. The number of hydrogen-bond acceptors (Lipinski definition) is 5. The third-order valence-corrected chi connectivity index (χ3v) is 8.29. The van der Waals surface area contributed by atoms with E-state index in [2.05, 4.69) is 64.7 Å². The van der Waals surface area contributed by atoms with E-state index >= 15 is 0 Å². The minimum atomic E-state index is -0.474. The Labute approximate surface area is 203 Å². The lowest BCUT2D eigenvalue weighted by molar-refractivity contribution is -0.915. The highest BCUT2D eigenvalue weighted by molar-refractivity contribution is 7.08. The summed E-state index contributed by atoms with van der Waals surface area (Å²) in [5.41, 5.74) is 2.05. The van der Waals surface area contributed by atoms with E-state index in [1.54, 1.807) is 11.3 Å². The first kappa shape index (κ1) is 24.4. The lowest BCUT2D eigenvalue weighted by Gasteiger charge is -2.53. The van der Waals surface area contributed by atoms with Crippen LogP contribution in [-0.2, 0) is 4.74 Å². The highest BCUT2D eigenvalue weighted by Gasteiger charge is 2.56. The van der Waals surface area contributed by atoms with Crippen molar-refractivity contribution >= 4 is 17.4 Å². The number of benzene rings is 1. The molecule has 0 saturated carbocycles. The van der Waals surface area contributed by atoms with Crippen LogP contribution in [0.2, 0.25) is 0 Å². The first-order valence-electron chi connectivity index (χ1n) is 12.4. The molecule has 1 amide bonds. The van der Waals surface area contributed by atoms with E-state index in [4.69, 9.17) is 4.74 Å². The van der Waals surface area contributed by atoms with Gasteiger partial charge in [-0.2, -0.15) is 16.1 Å². The SMILES string of the molecule is CC(C)(C)OC(=O)[N+]1(C2(C)CCNCC2)CCC(NC(c2ccccc2)c2ccsc2)CC1. The smallest absolute Gasteiger partial charge is 0.414 e. The molecule has 4 rings (SSSR count). The molecule has 1 atom stereocenters. The Morgan fingerprint density at radius 3 is 2.36 bits per heavy atom. The number of nitrogens with one attached hydrogen (secondary N) is 2. The zero-order valence-electron chi connectivity index (χ0n) is 20.6. The Balaban J connectivity index is 1.53. The van der Waals surface area contributed by atoms with Crippen molar-refractivity contribution in [2.45, 2.75) is 76.6 Å². The van der Waals surface area contributed by atoms with Gasteiger partial charge < -0.3 is 15.4 Å². The monoisotopic (exact) mass is 470 g/mol. The second-order valence-corrected chi connectivity index (χ2v) is 11.8. The Morgan fingerprint density at radius 1 is 1.12 bits per heavy atom. The van der Waals surface area contributed by atoms with Gasteiger partial charge in [0.25, 0.3) is 0 Å². The molecular weight excluding hydrogens is 430 g/mol. The standard InChI is InChI=1S/C27H40N3O2S/c1-26(2,3)32-25(31)30(27(4)13-15-28-16-14-27)17-10-23(11-18-30)29-24(22-12-19-33-20-22)21-8-6-5-7-9-21/h5-9,12,19-20,23-24,28-29H,10-11,13-18H2,1-4H3/q+1. The summed E-state index contributed by atoms with van der Waals surface area (Å²) in [6.07, 6.45) is 3.91. The number of ether oxygens (including phenoxy) is 1. The number of likely N-dealkylation sites (tertiary alicyclic amines) is 1. The molecule has 6 heteroatoms. The summed E-state index contributed by atoms with van der Waals surface area (Å²) in [5, 5.41) is 11.8. The summed E-state index contributed by atoms with van der Waals surface area (Å²) < 4.78 is 6.49. The van der Waals surface area contributed by atoms with Crippen molar-refractivity contribution in [3.8, 4) is 0 Å². The first-order chi connectivity index (χ1) is 15.7. The fourth-order valence-electron chi connectivity index (χ4n) is 5.57. The highest BCUT2D eigenvalue weighted by Crippen LogP contribution is 2.39. The Morgan fingerprint density at radius 2 is 1.79 bits per heavy atom. The second kappa shape index (κ2) is 9.87. The average Bonchev–Trinajstić information content (AvgIpc) is 3.32. The number of carbonyl (C=O) groups is 1. The number of hydrogen-bond donors (Lipinski definition) is 2. The maximum atomic E-state index is 13.7. The van der Waals surface area contributed by atoms with Gasteiger partial charge in [-0.25, -0.2) is 4.48 Å². The zero-order valence-corrected chi connectivity index (χ0v) is 21.4. The largest absolute Gasteiger partial charge is 0.516 e. The van der Waals surface area contributed by atoms with Gasteiger partial charge in [-0.15, -0.1) is 0 Å². The Bertz CT molecular complexity index is 893. The van der Waals surface area contributed by atoms with Crippen molar-refractivity contribution in [1.29, 1.82) is 0 Å². The predicted molar refractivity (Wildman–Crippen MR) is 135 cm³/mol. The van der Waals surface area contributed by atoms with E-state index in [9.17, 15) is 4.79 Å². The van der Waals surface area contributed by atoms with Crippen LogP contribution < -0.4 is 10.6 Å². The molecule has 0 radical (unpaired) electrons. The van der Waals surface area contributed by atoms with Crippen molar-refractivity contribution < 1.29 is 14.0 Å². The topological polar surface area (TPSA) is 50.4 Å². The molecule has 0 spiro atoms. The van der Waals surface area contributed by atoms with Crippen LogP contribution in [0, 0.1) is 0 Å². The van der Waals surface area contributed by atoms with E-state index in [1.807, 2.05) is 20.8 Å². The Kier molecular flexibility index (Phi) is 7.29. The van der Waals surface area contributed by atoms with Gasteiger partial charge in [-0.05, 0) is 55.6 Å². The van der Waals surface area contributed by atoms with Gasteiger partial charge in [-0.1, -0.05) is 30.3 Å². The molecule has 33 heavy (non-hydrogen) atoms. The van der Waals surface area contributed by atoms with Gasteiger partial charge in [0.2, 0.25) is 0 Å². The quantitative estimate of drug-likeness (QED) is 0.568. The molecule has 2 saturated heterocycles. The van der Waals surface area contributed by atoms with Crippen LogP contribution in [-0.4, -0.2) is 53.9 Å². The maximum absolute atomic E-state index is 13.7. The number of thiophene rings is 1. The number of rotatable bonds is 5. The number of piperidine rings is 2. The summed E-state index contributed by atoms with van der Waals surface area (Å²) in [6, 6.07) is 13.5. The lowest BCUT2D eigenvalue weighted by atomic mass is 9.83. The molecule has 1 unspecified atom stereocenters. The van der Waals surface area contributed by atoms with Gasteiger partial charge in [-0.3, -0.25) is 0 Å². The fraction of sp³-hybridized carbons (Fsp3) is 0.593. The molecule has 1 aromatic carbocycles. The molecule has 2 N–H and O–H groups in total. The fourth-order valence-corrected chi connectivity index (χ4v) is 6.25. The van der Waals surface area contributed by atoms with Crippen LogP contribution in [0.4, 0.5) is 4.79 Å². The van der Waals surface area contributed by atoms with Gasteiger partial charge in [0.1, 0.15) is 11.1 Å². The van der Waals surface area contributed by atoms with Gasteiger partial charge in [0, 0.05) is 44.8 Å². The highest BCUT2D eigenvalue weighted by atomic mass is 32.1. The van der Waals surface area contributed by atoms with Gasteiger partial charge >= 0.3 is 6.09 Å². The van der Waals surface area contributed by atoms with E-state index in [-0.39, 0.29) is 17.7 Å². The zero-order chi connectivity index (χ0) is 23.5. The predicted octanol–water partition coefficient (Wildman–Crippen LogP) is 5.48. The van der Waals surface area contributed by atoms with Crippen LogP contribution in [0.5, 0.6) is 0 Å². The minimum Gasteiger partial charge on any atom is -0.414 e. The van der Waals surface area contributed by atoms with E-state index in [0.717, 1.165) is 51.9 Å². The van der Waals surface area contributed by atoms with Crippen LogP contribution in [0.1, 0.15) is 70.5 Å². The van der Waals surface area contributed by atoms with Crippen LogP contribution in [0.25, 0.3) is 0 Å². The van der Waals surface area contributed by atoms with Crippen LogP contribution >= 0.6 is 11.3 Å². The molecular formula is C27H40N3O2S+. The summed E-state index contributed by atoms with van der Waals surface area (Å²) in [4.78, 5) is 13.7. The Hall–Kier alpha value is -1.73. The maximum Gasteiger partial charge on any atom is 0.516 e. The summed E-state index contributed by atoms with van der Waals surface area (Å²) in [5.74, 6) is 0. The van der Waals surface area contributed by atoms with Crippen molar-refractivity contribution in [3.05, 3.63) is 58.3 Å². The number of carbonyl (C=O) groups excluding carboxylic acids is 1. The minimum absolute atomic E-state index is 0.0391. The number of amides is 1. The van der Waals surface area contributed by atoms with Gasteiger partial charge in [0.05, 0.1) is 19.1 Å². The average molecular weight is 471 g/mol. The molecule has 0 aliphatic carbocycles.